The number of nitrogens with zero attached hydrogens (tertiary/aromatic N) is 1. The lowest BCUT2D eigenvalue weighted by Crippen LogP contribution is -2.22. The second-order valence-corrected chi connectivity index (χ2v) is 3.75. The molecule has 1 aromatic carbocycles. The van der Waals surface area contributed by atoms with Gasteiger partial charge in [-0.2, -0.15) is 0 Å². The van der Waals surface area contributed by atoms with Crippen LogP contribution in [0.15, 0.2) is 42.5 Å². The predicted molar refractivity (Wildman–Crippen MR) is 67.3 cm³/mol. The Hall–Kier alpha value is -0.790. The van der Waals surface area contributed by atoms with E-state index in [-0.39, 0.29) is 0 Å². The van der Waals surface area contributed by atoms with Gasteiger partial charge in [0.05, 0.1) is 0 Å². The second-order valence-electron chi connectivity index (χ2n) is 3.44. The zero-order chi connectivity index (χ0) is 10.9. The summed E-state index contributed by atoms with van der Waals surface area (Å²) in [7, 11) is 0. The van der Waals surface area contributed by atoms with E-state index in [1.54, 1.807) is 0 Å². The molecule has 0 unspecified atom stereocenters. The second kappa shape index (κ2) is 7.49. The Balaban J connectivity index is 2.43. The number of halogens is 1. The van der Waals surface area contributed by atoms with E-state index in [1.807, 2.05) is 12.1 Å². The molecule has 82 valence electrons. The first-order valence-electron chi connectivity index (χ1n) is 5.34. The quantitative estimate of drug-likeness (QED) is 0.529. The van der Waals surface area contributed by atoms with Gasteiger partial charge in [0, 0.05) is 19.0 Å². The molecular weight excluding hydrogens is 206 g/mol. The first-order valence-corrected chi connectivity index (χ1v) is 5.87. The molecule has 0 aromatic heterocycles. The van der Waals surface area contributed by atoms with Crippen molar-refractivity contribution >= 4 is 11.6 Å². The maximum Gasteiger partial charge on any atom is 0.0404 e. The van der Waals surface area contributed by atoms with E-state index in [2.05, 4.69) is 42.2 Å². The van der Waals surface area contributed by atoms with Crippen LogP contribution in [0.25, 0.3) is 0 Å². The first kappa shape index (κ1) is 12.3. The van der Waals surface area contributed by atoms with Crippen molar-refractivity contribution in [3.63, 3.8) is 0 Å². The monoisotopic (exact) mass is 223 g/mol. The van der Waals surface area contributed by atoms with Crippen molar-refractivity contribution in [3.8, 4) is 0 Å². The Morgan fingerprint density at radius 1 is 1.20 bits per heavy atom. The van der Waals surface area contributed by atoms with Gasteiger partial charge in [-0.1, -0.05) is 49.4 Å². The summed E-state index contributed by atoms with van der Waals surface area (Å²) >= 11 is 5.58. The number of hydrogen-bond acceptors (Lipinski definition) is 1. The van der Waals surface area contributed by atoms with E-state index < -0.39 is 0 Å². The molecule has 2 heteroatoms. The fraction of sp³-hybridized carbons (Fsp3) is 0.385. The van der Waals surface area contributed by atoms with Gasteiger partial charge < -0.3 is 0 Å². The third kappa shape index (κ3) is 5.01. The summed E-state index contributed by atoms with van der Waals surface area (Å²) in [5.74, 6) is 0.600. The van der Waals surface area contributed by atoms with E-state index in [4.69, 9.17) is 11.6 Å². The van der Waals surface area contributed by atoms with Gasteiger partial charge in [0.1, 0.15) is 0 Å². The smallest absolute Gasteiger partial charge is 0.0404 e. The van der Waals surface area contributed by atoms with E-state index in [1.165, 1.54) is 5.56 Å². The minimum atomic E-state index is 0.600. The number of benzene rings is 1. The summed E-state index contributed by atoms with van der Waals surface area (Å²) in [6.07, 6.45) is 4.12. The molecule has 0 aliphatic heterocycles. The van der Waals surface area contributed by atoms with Crippen LogP contribution in [0.4, 0.5) is 0 Å². The van der Waals surface area contributed by atoms with Crippen LogP contribution < -0.4 is 0 Å². The Bertz CT molecular complexity index is 282. The van der Waals surface area contributed by atoms with Crippen LogP contribution in [0.5, 0.6) is 0 Å². The van der Waals surface area contributed by atoms with Crippen LogP contribution >= 0.6 is 11.6 Å². The van der Waals surface area contributed by atoms with Gasteiger partial charge >= 0.3 is 0 Å². The maximum absolute atomic E-state index is 5.58. The third-order valence-electron chi connectivity index (χ3n) is 2.32. The molecule has 0 saturated heterocycles. The van der Waals surface area contributed by atoms with Gasteiger partial charge in [0.25, 0.3) is 0 Å². The number of likely N-dealkylation sites (N-methyl/N-ethyl adjacent to an activating group) is 1. The summed E-state index contributed by atoms with van der Waals surface area (Å²) in [5, 5.41) is 0. The van der Waals surface area contributed by atoms with E-state index in [0.29, 0.717) is 5.88 Å². The van der Waals surface area contributed by atoms with Crippen LogP contribution in [0.3, 0.4) is 0 Å². The highest BCUT2D eigenvalue weighted by molar-refractivity contribution is 6.18. The number of alkyl halides is 1. The highest BCUT2D eigenvalue weighted by Gasteiger charge is 2.00. The van der Waals surface area contributed by atoms with Gasteiger partial charge in [-0.15, -0.1) is 11.6 Å². The summed E-state index contributed by atoms with van der Waals surface area (Å²) in [6, 6.07) is 10.5. The lowest BCUT2D eigenvalue weighted by molar-refractivity contribution is 0.311. The van der Waals surface area contributed by atoms with E-state index in [0.717, 1.165) is 19.6 Å². The molecule has 1 nitrogen and oxygen atoms in total. The highest BCUT2D eigenvalue weighted by Crippen LogP contribution is 2.03. The molecule has 15 heavy (non-hydrogen) atoms. The lowest BCUT2D eigenvalue weighted by Gasteiger charge is -2.18. The van der Waals surface area contributed by atoms with Crippen molar-refractivity contribution in [2.45, 2.75) is 13.5 Å². The molecule has 1 rings (SSSR count). The standard InChI is InChI=1S/C13H18ClN/c1-2-15(11-7-6-10-14)12-13-8-4-3-5-9-13/h3-9H,2,10-12H2,1H3. The fourth-order valence-corrected chi connectivity index (χ4v) is 1.56. The molecule has 0 heterocycles. The van der Waals surface area contributed by atoms with Crippen LogP contribution in [0.2, 0.25) is 0 Å². The molecule has 0 fully saturated rings. The van der Waals surface area contributed by atoms with Crippen LogP contribution in [-0.4, -0.2) is 23.9 Å². The van der Waals surface area contributed by atoms with Gasteiger partial charge in [0.2, 0.25) is 0 Å². The molecular formula is C13H18ClN. The van der Waals surface area contributed by atoms with Crippen molar-refractivity contribution in [1.29, 1.82) is 0 Å². The first-order chi connectivity index (χ1) is 7.36. The molecule has 0 N–H and O–H groups in total. The Kier molecular flexibility index (Phi) is 6.14. The molecule has 0 bridgehead atoms. The predicted octanol–water partition coefficient (Wildman–Crippen LogP) is 3.30. The summed E-state index contributed by atoms with van der Waals surface area (Å²) in [4.78, 5) is 2.37. The molecule has 0 atom stereocenters. The average Bonchev–Trinajstić information content (AvgIpc) is 2.29. The van der Waals surface area contributed by atoms with Crippen molar-refractivity contribution < 1.29 is 0 Å². The molecule has 0 amide bonds. The highest BCUT2D eigenvalue weighted by atomic mass is 35.5. The average molecular weight is 224 g/mol. The van der Waals surface area contributed by atoms with Crippen LogP contribution in [-0.2, 0) is 6.54 Å². The zero-order valence-corrected chi connectivity index (χ0v) is 9.95. The van der Waals surface area contributed by atoms with Gasteiger partial charge in [-0.25, -0.2) is 0 Å². The summed E-state index contributed by atoms with van der Waals surface area (Å²) in [6.45, 7) is 5.21. The van der Waals surface area contributed by atoms with Gasteiger partial charge in [-0.05, 0) is 12.1 Å². The normalized spacial score (nSPS) is 11.4. The number of hydrogen-bond donors (Lipinski definition) is 0. The van der Waals surface area contributed by atoms with Crippen molar-refractivity contribution in [3.05, 3.63) is 48.0 Å². The zero-order valence-electron chi connectivity index (χ0n) is 9.20. The SMILES string of the molecule is CCN(CC=CCCl)Cc1ccccc1. The molecule has 0 radical (unpaired) electrons. The molecule has 0 aliphatic carbocycles. The van der Waals surface area contributed by atoms with Crippen molar-refractivity contribution in [2.75, 3.05) is 19.0 Å². The molecule has 1 aromatic rings. The topological polar surface area (TPSA) is 3.24 Å². The van der Waals surface area contributed by atoms with Crippen LogP contribution in [0, 0.1) is 0 Å². The van der Waals surface area contributed by atoms with E-state index in [9.17, 15) is 0 Å². The Labute approximate surface area is 97.4 Å². The summed E-state index contributed by atoms with van der Waals surface area (Å²) < 4.78 is 0. The fourth-order valence-electron chi connectivity index (χ4n) is 1.43. The van der Waals surface area contributed by atoms with Gasteiger partial charge in [-0.3, -0.25) is 4.90 Å². The molecule has 0 spiro atoms. The van der Waals surface area contributed by atoms with Crippen LogP contribution in [0.1, 0.15) is 12.5 Å². The minimum absolute atomic E-state index is 0.600. The summed E-state index contributed by atoms with van der Waals surface area (Å²) in [5.41, 5.74) is 1.36. The molecule has 0 saturated carbocycles. The lowest BCUT2D eigenvalue weighted by atomic mass is 10.2. The number of rotatable bonds is 6. The number of allylic oxidation sites excluding steroid dienone is 1. The Morgan fingerprint density at radius 2 is 1.93 bits per heavy atom. The minimum Gasteiger partial charge on any atom is -0.296 e. The van der Waals surface area contributed by atoms with Gasteiger partial charge in [0.15, 0.2) is 0 Å². The molecule has 0 aliphatic rings. The Morgan fingerprint density at radius 3 is 2.53 bits per heavy atom. The third-order valence-corrected chi connectivity index (χ3v) is 2.49. The van der Waals surface area contributed by atoms with Crippen molar-refractivity contribution in [1.82, 2.24) is 4.90 Å². The maximum atomic E-state index is 5.58. The van der Waals surface area contributed by atoms with E-state index >= 15 is 0 Å². The van der Waals surface area contributed by atoms with Crippen molar-refractivity contribution in [2.24, 2.45) is 0 Å². The largest absolute Gasteiger partial charge is 0.296 e.